The molecule has 0 N–H and O–H groups in total. The van der Waals surface area contributed by atoms with E-state index >= 15 is 0 Å². The van der Waals surface area contributed by atoms with Crippen LogP contribution in [0.2, 0.25) is 0 Å². The Hall–Kier alpha value is -5.86. The minimum atomic E-state index is 0.808. The van der Waals surface area contributed by atoms with Crippen molar-refractivity contribution in [3.63, 3.8) is 0 Å². The second-order valence-corrected chi connectivity index (χ2v) is 11.8. The highest BCUT2D eigenvalue weighted by molar-refractivity contribution is 6.19. The van der Waals surface area contributed by atoms with Crippen LogP contribution in [0.15, 0.2) is 163 Å². The van der Waals surface area contributed by atoms with Gasteiger partial charge >= 0.3 is 0 Å². The second-order valence-electron chi connectivity index (χ2n) is 11.8. The van der Waals surface area contributed by atoms with Crippen LogP contribution in [-0.2, 0) is 0 Å². The van der Waals surface area contributed by atoms with Crippen LogP contribution in [0, 0.1) is 0 Å². The van der Waals surface area contributed by atoms with Crippen molar-refractivity contribution < 1.29 is 0 Å². The third-order valence-electron chi connectivity index (χ3n) is 9.13. The summed E-state index contributed by atoms with van der Waals surface area (Å²) in [5, 5.41) is 2.61. The van der Waals surface area contributed by atoms with E-state index in [2.05, 4.69) is 151 Å². The lowest BCUT2D eigenvalue weighted by molar-refractivity contribution is 1.01. The maximum atomic E-state index is 4.48. The lowest BCUT2D eigenvalue weighted by Crippen LogP contribution is -1.95. The van der Waals surface area contributed by atoms with Gasteiger partial charge in [0.2, 0.25) is 0 Å². The lowest BCUT2D eigenvalue weighted by Gasteiger charge is -2.15. The molecule has 2 heteroatoms. The molecule has 46 heavy (non-hydrogen) atoms. The van der Waals surface area contributed by atoms with Gasteiger partial charge in [-0.05, 0) is 108 Å². The highest BCUT2D eigenvalue weighted by Gasteiger charge is 2.22. The summed E-state index contributed by atoms with van der Waals surface area (Å²) in [5.41, 5.74) is 16.6. The molecule has 1 aliphatic heterocycles. The van der Waals surface area contributed by atoms with Gasteiger partial charge in [0.05, 0.1) is 5.71 Å². The Labute approximate surface area is 270 Å². The molecule has 0 radical (unpaired) electrons. The Kier molecular flexibility index (Phi) is 6.96. The topological polar surface area (TPSA) is 24.7 Å². The molecule has 0 saturated carbocycles. The van der Waals surface area contributed by atoms with Gasteiger partial charge < -0.3 is 0 Å². The minimum Gasteiger partial charge on any atom is -0.292 e. The maximum absolute atomic E-state index is 4.48. The smallest absolute Gasteiger partial charge is 0.0695 e. The minimum absolute atomic E-state index is 0.808. The normalized spacial score (nSPS) is 13.4. The summed E-state index contributed by atoms with van der Waals surface area (Å²) in [4.78, 5) is 8.86. The number of dihydropyridines is 1. The van der Waals surface area contributed by atoms with Crippen LogP contribution in [0.5, 0.6) is 0 Å². The number of nitrogens with zero attached hydrogens (tertiary/aromatic N) is 2. The molecule has 218 valence electrons. The average molecular weight is 589 g/mol. The van der Waals surface area contributed by atoms with E-state index in [0.29, 0.717) is 0 Å². The maximum Gasteiger partial charge on any atom is 0.0695 e. The van der Waals surface area contributed by atoms with Crippen molar-refractivity contribution >= 4 is 28.3 Å². The first-order valence-corrected chi connectivity index (χ1v) is 15.8. The molecule has 0 fully saturated rings. The van der Waals surface area contributed by atoms with Crippen molar-refractivity contribution in [2.24, 2.45) is 9.98 Å². The van der Waals surface area contributed by atoms with Gasteiger partial charge in [0.1, 0.15) is 0 Å². The molecule has 1 aliphatic carbocycles. The van der Waals surface area contributed by atoms with E-state index in [1.807, 2.05) is 6.21 Å². The predicted octanol–water partition coefficient (Wildman–Crippen LogP) is 11.5. The number of benzene rings is 6. The molecule has 2 nitrogen and oxygen atoms in total. The molecule has 0 spiro atoms. The van der Waals surface area contributed by atoms with Crippen LogP contribution in [0.4, 0.5) is 0 Å². The van der Waals surface area contributed by atoms with Crippen molar-refractivity contribution in [1.82, 2.24) is 0 Å². The number of aliphatic imine (C=N–C) groups is 2. The van der Waals surface area contributed by atoms with Gasteiger partial charge in [-0.3, -0.25) is 9.98 Å². The monoisotopic (exact) mass is 588 g/mol. The summed E-state index contributed by atoms with van der Waals surface area (Å²) in [6.45, 7) is 8.55. The van der Waals surface area contributed by atoms with Crippen LogP contribution >= 0.6 is 0 Å². The predicted molar refractivity (Wildman–Crippen MR) is 198 cm³/mol. The zero-order valence-corrected chi connectivity index (χ0v) is 25.6. The summed E-state index contributed by atoms with van der Waals surface area (Å²) < 4.78 is 0. The number of hydrogen-bond acceptors (Lipinski definition) is 2. The SMILES string of the molecule is C=CN=C(C=C)c1ccc(-c2cc(-c3ccc(C4=CCCN=C4)cc3)cc(-c3ccc4c5c(cccc35)-c3ccccc3-4)c2)cc1. The Morgan fingerprint density at radius 3 is 1.85 bits per heavy atom. The molecule has 2 aliphatic rings. The Morgan fingerprint density at radius 2 is 1.20 bits per heavy atom. The fraction of sp³-hybridized carbons (Fsp3) is 0.0455. The Morgan fingerprint density at radius 1 is 0.587 bits per heavy atom. The Balaban J connectivity index is 1.29. The average Bonchev–Trinajstić information content (AvgIpc) is 3.46. The van der Waals surface area contributed by atoms with Gasteiger partial charge in [-0.1, -0.05) is 122 Å². The third kappa shape index (κ3) is 4.76. The summed E-state index contributed by atoms with van der Waals surface area (Å²) in [6, 6.07) is 44.5. The number of rotatable bonds is 7. The van der Waals surface area contributed by atoms with Crippen molar-refractivity contribution in [3.05, 3.63) is 164 Å². The molecule has 0 unspecified atom stereocenters. The van der Waals surface area contributed by atoms with E-state index in [1.54, 1.807) is 12.3 Å². The largest absolute Gasteiger partial charge is 0.292 e. The molecule has 0 atom stereocenters. The zero-order valence-electron chi connectivity index (χ0n) is 25.6. The van der Waals surface area contributed by atoms with Crippen LogP contribution < -0.4 is 0 Å². The highest BCUT2D eigenvalue weighted by atomic mass is 14.7. The number of hydrogen-bond donors (Lipinski definition) is 0. The van der Waals surface area contributed by atoms with E-state index in [1.165, 1.54) is 66.4 Å². The first-order chi connectivity index (χ1) is 22.7. The standard InChI is InChI=1S/C44H32N2/c1-3-43(46-4-2)32-20-18-31(19-21-32)35-25-34(30-16-14-29(15-17-30)33-9-8-24-45-28-33)26-36(27-35)37-22-23-42-39-11-6-5-10-38(39)41-13-7-12-40(37)44(41)42/h3-7,9-23,25-28H,1-2,8,24H2. The summed E-state index contributed by atoms with van der Waals surface area (Å²) >= 11 is 0. The summed E-state index contributed by atoms with van der Waals surface area (Å²) in [6.07, 6.45) is 8.58. The third-order valence-corrected chi connectivity index (χ3v) is 9.13. The van der Waals surface area contributed by atoms with Crippen LogP contribution in [0.3, 0.4) is 0 Å². The molecule has 6 aromatic rings. The quantitative estimate of drug-likeness (QED) is 0.166. The van der Waals surface area contributed by atoms with Crippen molar-refractivity contribution in [1.29, 1.82) is 0 Å². The van der Waals surface area contributed by atoms with Gasteiger partial charge in [0, 0.05) is 24.5 Å². The first-order valence-electron chi connectivity index (χ1n) is 15.8. The lowest BCUT2D eigenvalue weighted by atomic mass is 9.89. The number of allylic oxidation sites excluding steroid dienone is 2. The molecule has 8 rings (SSSR count). The van der Waals surface area contributed by atoms with E-state index in [0.717, 1.165) is 35.4 Å². The summed E-state index contributed by atoms with van der Waals surface area (Å²) in [7, 11) is 0. The molecule has 0 aromatic heterocycles. The fourth-order valence-corrected chi connectivity index (χ4v) is 6.91. The van der Waals surface area contributed by atoms with Gasteiger partial charge in [-0.25, -0.2) is 0 Å². The summed E-state index contributed by atoms with van der Waals surface area (Å²) in [5.74, 6) is 0. The van der Waals surface area contributed by atoms with Gasteiger partial charge in [-0.15, -0.1) is 0 Å². The van der Waals surface area contributed by atoms with Crippen molar-refractivity contribution in [2.75, 3.05) is 6.54 Å². The van der Waals surface area contributed by atoms with Gasteiger partial charge in [0.25, 0.3) is 0 Å². The molecule has 6 aromatic carbocycles. The van der Waals surface area contributed by atoms with E-state index < -0.39 is 0 Å². The van der Waals surface area contributed by atoms with Crippen LogP contribution in [-0.4, -0.2) is 18.5 Å². The van der Waals surface area contributed by atoms with E-state index in [4.69, 9.17) is 0 Å². The fourth-order valence-electron chi connectivity index (χ4n) is 6.91. The molecule has 1 heterocycles. The van der Waals surface area contributed by atoms with E-state index in [9.17, 15) is 0 Å². The second kappa shape index (κ2) is 11.6. The van der Waals surface area contributed by atoms with Crippen LogP contribution in [0.1, 0.15) is 17.5 Å². The van der Waals surface area contributed by atoms with Crippen molar-refractivity contribution in [3.8, 4) is 55.6 Å². The van der Waals surface area contributed by atoms with Crippen LogP contribution in [0.25, 0.3) is 72.0 Å². The highest BCUT2D eigenvalue weighted by Crippen LogP contribution is 2.49. The Bertz CT molecular complexity index is 2230. The van der Waals surface area contributed by atoms with Gasteiger partial charge in [-0.2, -0.15) is 0 Å². The zero-order chi connectivity index (χ0) is 31.0. The van der Waals surface area contributed by atoms with Crippen molar-refractivity contribution in [2.45, 2.75) is 6.42 Å². The molecule has 0 bridgehead atoms. The molecule has 0 amide bonds. The molecular weight excluding hydrogens is 556 g/mol. The molecular formula is C44H32N2. The van der Waals surface area contributed by atoms with Gasteiger partial charge in [0.15, 0.2) is 0 Å². The first kappa shape index (κ1) is 27.7. The number of fused-ring (bicyclic) bond motifs is 3. The molecule has 0 saturated heterocycles. The van der Waals surface area contributed by atoms with E-state index in [-0.39, 0.29) is 0 Å².